The molecule has 7 nitrogen and oxygen atoms in total. The van der Waals surface area contributed by atoms with Gasteiger partial charge in [-0.1, -0.05) is 65.5 Å². The van der Waals surface area contributed by atoms with E-state index in [4.69, 9.17) is 4.74 Å². The maximum absolute atomic E-state index is 5.80. The molecule has 0 radical (unpaired) electrons. The first-order valence-electron chi connectivity index (χ1n) is 9.52. The number of hydrogen-bond donors (Lipinski definition) is 0. The van der Waals surface area contributed by atoms with Gasteiger partial charge in [0.2, 0.25) is 0 Å². The van der Waals surface area contributed by atoms with E-state index < -0.39 is 0 Å². The van der Waals surface area contributed by atoms with Gasteiger partial charge in [0.1, 0.15) is 11.3 Å². The Morgan fingerprint density at radius 2 is 1.50 bits per heavy atom. The average molecular weight is 414 g/mol. The largest absolute Gasteiger partial charge is 0.493 e. The van der Waals surface area contributed by atoms with Crippen molar-refractivity contribution in [3.63, 3.8) is 0 Å². The van der Waals surface area contributed by atoms with E-state index in [2.05, 4.69) is 20.5 Å². The van der Waals surface area contributed by atoms with Crippen molar-refractivity contribution >= 4 is 22.8 Å². The smallest absolute Gasteiger partial charge is 0.259 e. The van der Waals surface area contributed by atoms with E-state index in [9.17, 15) is 0 Å². The normalized spacial score (nSPS) is 11.1. The van der Waals surface area contributed by atoms with Crippen molar-refractivity contribution in [1.29, 1.82) is 0 Å². The molecular formula is C22H18N6OS. The minimum Gasteiger partial charge on any atom is -0.493 e. The molecule has 0 spiro atoms. The molecule has 0 atom stereocenters. The second-order valence-corrected chi connectivity index (χ2v) is 7.52. The second-order valence-electron chi connectivity index (χ2n) is 6.45. The first-order chi connectivity index (χ1) is 14.9. The number of thioether (sulfide) groups is 1. The highest BCUT2D eigenvalue weighted by atomic mass is 32.2. The van der Waals surface area contributed by atoms with Crippen LogP contribution in [0.5, 0.6) is 5.75 Å². The summed E-state index contributed by atoms with van der Waals surface area (Å²) in [6.45, 7) is 0.567. The molecule has 30 heavy (non-hydrogen) atoms. The summed E-state index contributed by atoms with van der Waals surface area (Å²) in [4.78, 5) is 0. The molecule has 0 bridgehead atoms. The molecule has 0 amide bonds. The van der Waals surface area contributed by atoms with Crippen LogP contribution in [0.4, 0.5) is 0 Å². The van der Waals surface area contributed by atoms with Crippen LogP contribution in [0.1, 0.15) is 0 Å². The zero-order valence-electron chi connectivity index (χ0n) is 16.0. The Balaban J connectivity index is 1.45. The van der Waals surface area contributed by atoms with Crippen molar-refractivity contribution in [2.24, 2.45) is 0 Å². The Morgan fingerprint density at radius 1 is 0.767 bits per heavy atom. The minimum absolute atomic E-state index is 0.567. The van der Waals surface area contributed by atoms with Crippen LogP contribution < -0.4 is 4.74 Å². The quantitative estimate of drug-likeness (QED) is 0.294. The van der Waals surface area contributed by atoms with Gasteiger partial charge >= 0.3 is 0 Å². The van der Waals surface area contributed by atoms with Crippen molar-refractivity contribution in [2.75, 3.05) is 12.4 Å². The monoisotopic (exact) mass is 414 g/mol. The Labute approximate surface area is 177 Å². The zero-order valence-corrected chi connectivity index (χ0v) is 16.8. The summed E-state index contributed by atoms with van der Waals surface area (Å²) in [5.74, 6) is 2.19. The third-order valence-corrected chi connectivity index (χ3v) is 5.39. The van der Waals surface area contributed by atoms with Gasteiger partial charge in [-0.3, -0.25) is 4.57 Å². The number of ether oxygens (including phenoxy) is 1. The predicted octanol–water partition coefficient (Wildman–Crippen LogP) is 4.17. The summed E-state index contributed by atoms with van der Waals surface area (Å²) >= 11 is 1.59. The Kier molecular flexibility index (Phi) is 5.14. The molecular weight excluding hydrogens is 396 g/mol. The van der Waals surface area contributed by atoms with Crippen molar-refractivity contribution in [1.82, 2.24) is 29.8 Å². The number of fused-ring (bicyclic) bond motifs is 1. The Morgan fingerprint density at radius 3 is 2.33 bits per heavy atom. The van der Waals surface area contributed by atoms with Gasteiger partial charge in [0.05, 0.1) is 17.8 Å². The number of aromatic nitrogens is 6. The molecule has 2 heterocycles. The highest BCUT2D eigenvalue weighted by Crippen LogP contribution is 2.25. The van der Waals surface area contributed by atoms with Gasteiger partial charge in [0.25, 0.3) is 5.95 Å². The number of para-hydroxylation sites is 3. The lowest BCUT2D eigenvalue weighted by atomic mass is 10.3. The lowest BCUT2D eigenvalue weighted by Crippen LogP contribution is -2.08. The molecule has 0 N–H and O–H groups in total. The fourth-order valence-corrected chi connectivity index (χ4v) is 3.89. The Hall–Kier alpha value is -3.65. The van der Waals surface area contributed by atoms with Crippen molar-refractivity contribution in [3.05, 3.63) is 84.9 Å². The molecule has 148 valence electrons. The molecule has 0 saturated heterocycles. The molecule has 8 heteroatoms. The van der Waals surface area contributed by atoms with E-state index in [1.54, 1.807) is 16.4 Å². The number of hydrogen-bond acceptors (Lipinski definition) is 6. The van der Waals surface area contributed by atoms with Gasteiger partial charge < -0.3 is 4.74 Å². The van der Waals surface area contributed by atoms with E-state index in [1.165, 1.54) is 0 Å². The molecule has 0 aliphatic carbocycles. The highest BCUT2D eigenvalue weighted by molar-refractivity contribution is 7.99. The lowest BCUT2D eigenvalue weighted by Gasteiger charge is -2.10. The third kappa shape index (κ3) is 3.65. The lowest BCUT2D eigenvalue weighted by molar-refractivity contribution is 0.344. The topological polar surface area (TPSA) is 70.7 Å². The van der Waals surface area contributed by atoms with Crippen molar-refractivity contribution in [3.8, 4) is 17.4 Å². The summed E-state index contributed by atoms with van der Waals surface area (Å²) in [5.41, 5.74) is 2.65. The van der Waals surface area contributed by atoms with Crippen LogP contribution in [0.3, 0.4) is 0 Å². The van der Waals surface area contributed by atoms with E-state index >= 15 is 0 Å². The molecule has 5 aromatic rings. The van der Waals surface area contributed by atoms with E-state index in [0.717, 1.165) is 33.4 Å². The third-order valence-electron chi connectivity index (χ3n) is 4.50. The van der Waals surface area contributed by atoms with Crippen LogP contribution >= 0.6 is 11.8 Å². The highest BCUT2D eigenvalue weighted by Gasteiger charge is 2.18. The van der Waals surface area contributed by atoms with Crippen LogP contribution in [0.15, 0.2) is 90.1 Å². The van der Waals surface area contributed by atoms with Gasteiger partial charge in [-0.15, -0.1) is 15.3 Å². The molecule has 5 rings (SSSR count). The van der Waals surface area contributed by atoms with Gasteiger partial charge in [-0.2, -0.15) is 4.68 Å². The average Bonchev–Trinajstić information content (AvgIpc) is 3.42. The fraction of sp³-hybridized carbons (Fsp3) is 0.0909. The molecule has 0 unspecified atom stereocenters. The fourth-order valence-electron chi connectivity index (χ4n) is 3.12. The maximum Gasteiger partial charge on any atom is 0.259 e. The predicted molar refractivity (Wildman–Crippen MR) is 116 cm³/mol. The second kappa shape index (κ2) is 8.38. The first kappa shape index (κ1) is 18.4. The molecule has 0 aliphatic heterocycles. The zero-order chi connectivity index (χ0) is 20.2. The molecule has 0 aliphatic rings. The van der Waals surface area contributed by atoms with Gasteiger partial charge in [-0.25, -0.2) is 0 Å². The van der Waals surface area contributed by atoms with Crippen LogP contribution in [0.25, 0.3) is 22.7 Å². The summed E-state index contributed by atoms with van der Waals surface area (Å²) < 4.78 is 9.52. The molecule has 0 fully saturated rings. The Bertz CT molecular complexity index is 1250. The van der Waals surface area contributed by atoms with Crippen molar-refractivity contribution < 1.29 is 4.74 Å². The standard InChI is InChI=1S/C22H18N6OS/c1-3-9-17(10-4-1)27-21(28-20-14-8-7-13-19(20)23-26-28)24-25-22(27)30-16-15-29-18-11-5-2-6-12-18/h1-14H,15-16H2. The first-order valence-corrected chi connectivity index (χ1v) is 10.5. The van der Waals surface area contributed by atoms with Crippen LogP contribution in [-0.2, 0) is 0 Å². The minimum atomic E-state index is 0.567. The summed E-state index contributed by atoms with van der Waals surface area (Å²) in [6, 6.07) is 27.6. The molecule has 0 saturated carbocycles. The maximum atomic E-state index is 5.80. The van der Waals surface area contributed by atoms with Crippen LogP contribution in [0.2, 0.25) is 0 Å². The summed E-state index contributed by atoms with van der Waals surface area (Å²) in [5, 5.41) is 18.2. The number of nitrogens with zero attached hydrogens (tertiary/aromatic N) is 6. The van der Waals surface area contributed by atoms with Gasteiger partial charge in [0, 0.05) is 5.75 Å². The molecule has 3 aromatic carbocycles. The molecule has 2 aromatic heterocycles. The van der Waals surface area contributed by atoms with Crippen molar-refractivity contribution in [2.45, 2.75) is 5.16 Å². The van der Waals surface area contributed by atoms with Crippen LogP contribution in [0, 0.1) is 0 Å². The summed E-state index contributed by atoms with van der Waals surface area (Å²) in [6.07, 6.45) is 0. The SMILES string of the molecule is c1ccc(OCCSc2nnc(-n3nnc4ccccc43)n2-c2ccccc2)cc1. The van der Waals surface area contributed by atoms with E-state index in [-0.39, 0.29) is 0 Å². The van der Waals surface area contributed by atoms with E-state index in [1.807, 2.05) is 89.5 Å². The van der Waals surface area contributed by atoms with Gasteiger partial charge in [0.15, 0.2) is 5.16 Å². The number of benzene rings is 3. The summed E-state index contributed by atoms with van der Waals surface area (Å²) in [7, 11) is 0. The number of rotatable bonds is 7. The van der Waals surface area contributed by atoms with Crippen LogP contribution in [-0.4, -0.2) is 42.1 Å². The van der Waals surface area contributed by atoms with E-state index in [0.29, 0.717) is 12.6 Å². The van der Waals surface area contributed by atoms with Gasteiger partial charge in [-0.05, 0) is 36.4 Å².